The molecule has 2 heterocycles. The Hall–Kier alpha value is -3.16. The number of thiocarbonyl (C=S) groups is 1. The predicted octanol–water partition coefficient (Wildman–Crippen LogP) is 7.52. The Morgan fingerprint density at radius 3 is 2.57 bits per heavy atom. The molecule has 7 heteroatoms. The maximum absolute atomic E-state index is 13.4. The first kappa shape index (κ1) is 26.9. The van der Waals surface area contributed by atoms with Crippen molar-refractivity contribution in [3.63, 3.8) is 0 Å². The fourth-order valence-electron chi connectivity index (χ4n) is 4.27. The lowest BCUT2D eigenvalue weighted by atomic mass is 9.99. The van der Waals surface area contributed by atoms with Crippen LogP contribution >= 0.6 is 24.0 Å². The minimum Gasteiger partial charge on any atom is -0.490 e. The quantitative estimate of drug-likeness (QED) is 0.137. The van der Waals surface area contributed by atoms with Crippen molar-refractivity contribution in [1.82, 2.24) is 14.7 Å². The van der Waals surface area contributed by atoms with Crippen LogP contribution in [0.2, 0.25) is 0 Å². The van der Waals surface area contributed by atoms with Gasteiger partial charge in [0.15, 0.2) is 0 Å². The average molecular weight is 532 g/mol. The lowest BCUT2D eigenvalue weighted by molar-refractivity contribution is -0.122. The predicted molar refractivity (Wildman–Crippen MR) is 158 cm³/mol. The lowest BCUT2D eigenvalue weighted by Crippen LogP contribution is -2.33. The lowest BCUT2D eigenvalue weighted by Gasteiger charge is -2.21. The van der Waals surface area contributed by atoms with Gasteiger partial charge in [-0.1, -0.05) is 87.9 Å². The summed E-state index contributed by atoms with van der Waals surface area (Å²) < 4.78 is 8.12. The van der Waals surface area contributed by atoms with Crippen LogP contribution in [-0.2, 0) is 4.79 Å². The summed E-state index contributed by atoms with van der Waals surface area (Å²) in [4.78, 5) is 15.8. The van der Waals surface area contributed by atoms with E-state index in [0.29, 0.717) is 28.3 Å². The van der Waals surface area contributed by atoms with Crippen LogP contribution < -0.4 is 4.74 Å². The Balaban J connectivity index is 1.66. The molecule has 1 aromatic heterocycles. The van der Waals surface area contributed by atoms with Gasteiger partial charge in [0.05, 0.1) is 16.3 Å². The molecule has 1 amide bonds. The molecule has 192 valence electrons. The summed E-state index contributed by atoms with van der Waals surface area (Å²) in [6, 6.07) is 17.8. The van der Waals surface area contributed by atoms with Crippen molar-refractivity contribution in [2.75, 3.05) is 13.2 Å². The van der Waals surface area contributed by atoms with Crippen LogP contribution in [0.5, 0.6) is 5.75 Å². The topological polar surface area (TPSA) is 47.4 Å². The molecule has 0 bridgehead atoms. The van der Waals surface area contributed by atoms with Crippen molar-refractivity contribution in [2.24, 2.45) is 5.92 Å². The Morgan fingerprint density at radius 1 is 1.14 bits per heavy atom. The van der Waals surface area contributed by atoms with Crippen molar-refractivity contribution in [3.8, 4) is 22.7 Å². The molecule has 37 heavy (non-hydrogen) atoms. The zero-order chi connectivity index (χ0) is 26.2. The number of ether oxygens (including phenoxy) is 1. The van der Waals surface area contributed by atoms with E-state index in [-0.39, 0.29) is 5.91 Å². The average Bonchev–Trinajstić information content (AvgIpc) is 3.46. The number of benzene rings is 2. The molecular weight excluding hydrogens is 498 g/mol. The fourth-order valence-corrected chi connectivity index (χ4v) is 5.53. The molecule has 1 saturated heterocycles. The number of para-hydroxylation sites is 1. The van der Waals surface area contributed by atoms with Gasteiger partial charge in [-0.25, -0.2) is 4.68 Å². The molecule has 1 aliphatic heterocycles. The number of amides is 1. The summed E-state index contributed by atoms with van der Waals surface area (Å²) in [6.45, 7) is 9.21. The highest BCUT2D eigenvalue weighted by molar-refractivity contribution is 8.26. The molecule has 4 rings (SSSR count). The maximum atomic E-state index is 13.4. The molecule has 0 N–H and O–H groups in total. The van der Waals surface area contributed by atoms with Gasteiger partial charge in [-0.15, -0.1) is 0 Å². The third kappa shape index (κ3) is 6.59. The summed E-state index contributed by atoms with van der Waals surface area (Å²) in [5, 5.41) is 4.89. The van der Waals surface area contributed by atoms with E-state index in [0.717, 1.165) is 47.5 Å². The number of nitrogens with zero attached hydrogens (tertiary/aromatic N) is 3. The number of aromatic nitrogens is 2. The Kier molecular flexibility index (Phi) is 9.36. The first-order chi connectivity index (χ1) is 18.0. The Labute approximate surface area is 229 Å². The minimum atomic E-state index is -0.0171. The zero-order valence-electron chi connectivity index (χ0n) is 21.4. The van der Waals surface area contributed by atoms with Gasteiger partial charge in [-0.05, 0) is 54.8 Å². The second-order valence-electron chi connectivity index (χ2n) is 9.05. The number of rotatable bonds is 12. The Bertz CT molecular complexity index is 1270. The summed E-state index contributed by atoms with van der Waals surface area (Å²) in [5.74, 6) is 1.21. The summed E-state index contributed by atoms with van der Waals surface area (Å²) in [6.07, 6.45) is 10.1. The first-order valence-corrected chi connectivity index (χ1v) is 14.0. The molecule has 5 nitrogen and oxygen atoms in total. The van der Waals surface area contributed by atoms with Crippen LogP contribution in [-0.4, -0.2) is 38.1 Å². The number of carbonyl (C=O) groups excluding carboxylic acids is 1. The van der Waals surface area contributed by atoms with E-state index in [2.05, 4.69) is 20.4 Å². The minimum absolute atomic E-state index is 0.0171. The largest absolute Gasteiger partial charge is 0.490 e. The SMILES string of the molecule is C=CCOc1ccc(-c2nn(-c3ccccc3)cc2/C=C2\SC(=S)N(CC(CC)CCCC)C2=O)cc1. The Morgan fingerprint density at radius 2 is 1.89 bits per heavy atom. The molecule has 0 aliphatic carbocycles. The molecule has 0 saturated carbocycles. The van der Waals surface area contributed by atoms with Gasteiger partial charge in [-0.2, -0.15) is 5.10 Å². The van der Waals surface area contributed by atoms with Gasteiger partial charge in [-0.3, -0.25) is 9.69 Å². The molecular formula is C30H33N3O2S2. The number of carbonyl (C=O) groups is 1. The maximum Gasteiger partial charge on any atom is 0.266 e. The number of hydrogen-bond acceptors (Lipinski definition) is 5. The van der Waals surface area contributed by atoms with Crippen LogP contribution in [0.15, 0.2) is 78.4 Å². The number of thioether (sulfide) groups is 1. The van der Waals surface area contributed by atoms with E-state index in [1.54, 1.807) is 11.0 Å². The fraction of sp³-hybridized carbons (Fsp3) is 0.300. The summed E-state index contributed by atoms with van der Waals surface area (Å²) >= 11 is 7.01. The summed E-state index contributed by atoms with van der Waals surface area (Å²) in [5.41, 5.74) is 3.54. The molecule has 1 atom stereocenters. The van der Waals surface area contributed by atoms with E-state index in [9.17, 15) is 4.79 Å². The molecule has 1 aliphatic rings. The van der Waals surface area contributed by atoms with E-state index < -0.39 is 0 Å². The summed E-state index contributed by atoms with van der Waals surface area (Å²) in [7, 11) is 0. The molecule has 2 aromatic carbocycles. The molecule has 1 fully saturated rings. The van der Waals surface area contributed by atoms with Crippen LogP contribution in [0.4, 0.5) is 0 Å². The molecule has 0 radical (unpaired) electrons. The van der Waals surface area contributed by atoms with Crippen LogP contribution in [0.3, 0.4) is 0 Å². The highest BCUT2D eigenvalue weighted by Gasteiger charge is 2.33. The van der Waals surface area contributed by atoms with Crippen molar-refractivity contribution in [3.05, 3.63) is 83.9 Å². The number of hydrogen-bond donors (Lipinski definition) is 0. The normalized spacial score (nSPS) is 15.4. The third-order valence-electron chi connectivity index (χ3n) is 6.40. The van der Waals surface area contributed by atoms with Gasteiger partial charge < -0.3 is 4.74 Å². The van der Waals surface area contributed by atoms with Gasteiger partial charge in [0, 0.05) is 23.9 Å². The van der Waals surface area contributed by atoms with Gasteiger partial charge in [0.25, 0.3) is 5.91 Å². The third-order valence-corrected chi connectivity index (χ3v) is 7.78. The van der Waals surface area contributed by atoms with Crippen LogP contribution in [0, 0.1) is 5.92 Å². The smallest absolute Gasteiger partial charge is 0.266 e. The molecule has 3 aromatic rings. The van der Waals surface area contributed by atoms with E-state index in [1.807, 2.05) is 71.6 Å². The van der Waals surface area contributed by atoms with Crippen molar-refractivity contribution in [1.29, 1.82) is 0 Å². The van der Waals surface area contributed by atoms with Crippen molar-refractivity contribution >= 4 is 40.3 Å². The van der Waals surface area contributed by atoms with Gasteiger partial charge >= 0.3 is 0 Å². The van der Waals surface area contributed by atoms with Crippen LogP contribution in [0.1, 0.15) is 45.1 Å². The van der Waals surface area contributed by atoms with E-state index in [1.165, 1.54) is 18.2 Å². The second kappa shape index (κ2) is 12.9. The van der Waals surface area contributed by atoms with Crippen LogP contribution in [0.25, 0.3) is 23.0 Å². The van der Waals surface area contributed by atoms with Gasteiger partial charge in [0.1, 0.15) is 16.7 Å². The van der Waals surface area contributed by atoms with E-state index in [4.69, 9.17) is 22.1 Å². The standard InChI is InChI=1S/C30H33N3O2S2/c1-4-7-11-22(6-3)20-32-29(34)27(37-30(32)36)19-24-21-33(25-12-9-8-10-13-25)31-28(24)23-14-16-26(17-15-23)35-18-5-2/h5,8-10,12-17,19,21-22H,2,4,6-7,11,18,20H2,1,3H3/b27-19-. The van der Waals surface area contributed by atoms with Crippen molar-refractivity contribution < 1.29 is 9.53 Å². The highest BCUT2D eigenvalue weighted by Crippen LogP contribution is 2.36. The first-order valence-electron chi connectivity index (χ1n) is 12.8. The van der Waals surface area contributed by atoms with Gasteiger partial charge in [0.2, 0.25) is 0 Å². The zero-order valence-corrected chi connectivity index (χ0v) is 23.1. The second-order valence-corrected chi connectivity index (χ2v) is 10.7. The number of unbranched alkanes of at least 4 members (excludes halogenated alkanes) is 1. The molecule has 1 unspecified atom stereocenters. The monoisotopic (exact) mass is 531 g/mol. The molecule has 0 spiro atoms. The highest BCUT2D eigenvalue weighted by atomic mass is 32.2. The van der Waals surface area contributed by atoms with Crippen molar-refractivity contribution in [2.45, 2.75) is 39.5 Å². The van der Waals surface area contributed by atoms with E-state index >= 15 is 0 Å².